The summed E-state index contributed by atoms with van der Waals surface area (Å²) >= 11 is 8.30. The maximum absolute atomic E-state index is 13.4. The number of fused-ring (bicyclic) bond motifs is 2. The smallest absolute Gasteiger partial charge is 0.352 e. The Balaban J connectivity index is 1.25. The number of carbonyl (C=O) groups excluding carboxylic acids is 2. The zero-order chi connectivity index (χ0) is 32.2. The molecule has 2 fully saturated rings. The van der Waals surface area contributed by atoms with E-state index in [9.17, 15) is 24.3 Å². The zero-order valence-corrected chi connectivity index (χ0v) is 25.7. The number of amides is 2. The summed E-state index contributed by atoms with van der Waals surface area (Å²) in [6, 6.07) is 2.76. The van der Waals surface area contributed by atoms with Gasteiger partial charge >= 0.3 is 23.5 Å². The highest BCUT2D eigenvalue weighted by Gasteiger charge is 2.54. The Hall–Kier alpha value is -4.46. The summed E-state index contributed by atoms with van der Waals surface area (Å²) in [7, 11) is 0. The van der Waals surface area contributed by atoms with Crippen molar-refractivity contribution in [1.82, 2.24) is 30.1 Å². The molecular weight excluding hydrogens is 652 g/mol. The highest BCUT2D eigenvalue weighted by atomic mass is 35.5. The second-order valence-electron chi connectivity index (χ2n) is 10.3. The van der Waals surface area contributed by atoms with Crippen LogP contribution in [0, 0.1) is 0 Å². The molecule has 0 bridgehead atoms. The second-order valence-corrected chi connectivity index (χ2v) is 13.1. The number of carboxylic acids is 2. The number of carbonyl (C=O) groups is 4. The van der Waals surface area contributed by atoms with E-state index in [4.69, 9.17) is 33.0 Å². The minimum atomic E-state index is -1.41. The van der Waals surface area contributed by atoms with E-state index in [0.29, 0.717) is 17.2 Å². The largest absolute Gasteiger partial charge is 0.478 e. The monoisotopic (exact) mass is 677 g/mol. The number of hydrogen-bond acceptors (Lipinski definition) is 13. The van der Waals surface area contributed by atoms with E-state index in [1.165, 1.54) is 18.7 Å². The lowest BCUT2D eigenvalue weighted by atomic mass is 10.0. The Kier molecular flexibility index (Phi) is 8.02. The number of hydrogen-bond donors (Lipinski definition) is 6. The van der Waals surface area contributed by atoms with Crippen molar-refractivity contribution in [2.24, 2.45) is 5.16 Å². The molecule has 8 N–H and O–H groups in total. The van der Waals surface area contributed by atoms with Gasteiger partial charge in [-0.1, -0.05) is 28.1 Å². The number of thioether (sulfide) groups is 1. The van der Waals surface area contributed by atoms with Gasteiger partial charge in [0.1, 0.15) is 39.2 Å². The number of nitrogens with one attached hydrogen (secondary N) is 2. The third kappa shape index (κ3) is 5.40. The third-order valence-corrected chi connectivity index (χ3v) is 9.89. The number of nitrogen functional groups attached to an aromatic ring is 2. The van der Waals surface area contributed by atoms with Crippen LogP contribution in [-0.2, 0) is 30.6 Å². The van der Waals surface area contributed by atoms with Crippen molar-refractivity contribution in [3.8, 4) is 0 Å². The predicted octanol–water partition coefficient (Wildman–Crippen LogP) is -0.625. The first-order chi connectivity index (χ1) is 21.5. The number of carboxylic acid groups (broad SMARTS) is 2. The van der Waals surface area contributed by atoms with E-state index in [2.05, 4.69) is 25.8 Å². The number of halogens is 1. The van der Waals surface area contributed by atoms with Crippen LogP contribution in [0.3, 0.4) is 0 Å². The van der Waals surface area contributed by atoms with Gasteiger partial charge < -0.3 is 37.2 Å². The molecular formula is C25H26ClN10O7S2+. The Morgan fingerprint density at radius 3 is 2.69 bits per heavy atom. The van der Waals surface area contributed by atoms with Crippen LogP contribution in [-0.4, -0.2) is 95.5 Å². The molecule has 3 aromatic rings. The molecule has 1 unspecified atom stereocenters. The van der Waals surface area contributed by atoms with E-state index in [0.717, 1.165) is 34.8 Å². The molecule has 6 rings (SSSR count). The van der Waals surface area contributed by atoms with Crippen LogP contribution >= 0.6 is 34.7 Å². The summed E-state index contributed by atoms with van der Waals surface area (Å²) < 4.78 is 3.73. The number of anilines is 2. The number of oxime groups is 1. The zero-order valence-electron chi connectivity index (χ0n) is 23.3. The van der Waals surface area contributed by atoms with Crippen LogP contribution in [0.15, 0.2) is 34.8 Å². The Morgan fingerprint density at radius 1 is 1.31 bits per heavy atom. The summed E-state index contributed by atoms with van der Waals surface area (Å²) in [5, 5.41) is 28.0. The molecule has 3 atom stereocenters. The van der Waals surface area contributed by atoms with Crippen LogP contribution < -0.4 is 26.7 Å². The number of pyridine rings is 1. The van der Waals surface area contributed by atoms with Crippen molar-refractivity contribution in [3.63, 3.8) is 0 Å². The molecule has 0 spiro atoms. The molecule has 3 aliphatic rings. The number of thiazole rings is 1. The summed E-state index contributed by atoms with van der Waals surface area (Å²) in [5.74, 6) is -3.64. The number of rotatable bonds is 10. The van der Waals surface area contributed by atoms with E-state index >= 15 is 0 Å². The van der Waals surface area contributed by atoms with E-state index in [1.807, 2.05) is 16.7 Å². The van der Waals surface area contributed by atoms with Crippen molar-refractivity contribution in [2.75, 3.05) is 30.3 Å². The fraction of sp³-hybridized carbons (Fsp3) is 0.360. The maximum atomic E-state index is 13.4. The SMILES string of the molecule is C[C@H](O/N=C(\C(=O)NC1C(=O)N2C(C(=O)O)=C(C[n+]3cccc4c3nc(N)n4C3CNC3)CS[C@H]12)c1nc(N)sc1Cl)C(=O)O. The molecule has 2 saturated heterocycles. The lowest BCUT2D eigenvalue weighted by Crippen LogP contribution is -2.71. The molecule has 45 heavy (non-hydrogen) atoms. The fourth-order valence-electron chi connectivity index (χ4n) is 5.15. The molecule has 0 aromatic carbocycles. The lowest BCUT2D eigenvalue weighted by Gasteiger charge is -2.49. The number of β-lactam (4-membered cyclic amide) rings is 1. The van der Waals surface area contributed by atoms with Crippen LogP contribution in [0.4, 0.5) is 11.1 Å². The van der Waals surface area contributed by atoms with Gasteiger partial charge in [-0.05, 0) is 24.0 Å². The molecule has 0 aliphatic carbocycles. The van der Waals surface area contributed by atoms with Crippen molar-refractivity contribution in [2.45, 2.75) is 37.0 Å². The van der Waals surface area contributed by atoms with Crippen molar-refractivity contribution in [1.29, 1.82) is 0 Å². The molecule has 17 nitrogen and oxygen atoms in total. The number of imidazole rings is 1. The van der Waals surface area contributed by atoms with Crippen molar-refractivity contribution >= 4 is 86.4 Å². The average molecular weight is 678 g/mol. The summed E-state index contributed by atoms with van der Waals surface area (Å²) in [6.07, 6.45) is 0.357. The predicted molar refractivity (Wildman–Crippen MR) is 162 cm³/mol. The first-order valence-corrected chi connectivity index (χ1v) is 15.7. The van der Waals surface area contributed by atoms with E-state index < -0.39 is 47.0 Å². The minimum absolute atomic E-state index is 0.00853. The molecule has 0 saturated carbocycles. The molecule has 3 aliphatic heterocycles. The molecule has 236 valence electrons. The van der Waals surface area contributed by atoms with Crippen molar-refractivity contribution in [3.05, 3.63) is 39.6 Å². The van der Waals surface area contributed by atoms with Gasteiger partial charge in [-0.2, -0.15) is 0 Å². The molecule has 2 amide bonds. The molecule has 3 aromatic heterocycles. The standard InChI is InChI=1S/C25H25ClN10O7S2/c1-9(22(39)40)43-33-14(13-17(26)45-25(28)31-13)19(37)30-15-20(38)36-16(23(41)42)10(8-44-21(15)36)7-34-4-2-3-12-18(34)32-24(27)35(12)11-5-29-6-11/h2-4,9,11,15,21,27,29H,5-8H2,1H3,(H5,28,30,31,37,39,40,41,42)/p+1/b33-14-/t9-,15?,21+/m0/s1. The number of nitrogens with zero attached hydrogens (tertiary/aromatic N) is 6. The van der Waals surface area contributed by atoms with Gasteiger partial charge in [0.15, 0.2) is 10.8 Å². The molecule has 20 heteroatoms. The van der Waals surface area contributed by atoms with Gasteiger partial charge in [0.2, 0.25) is 6.10 Å². The van der Waals surface area contributed by atoms with Gasteiger partial charge in [-0.3, -0.25) is 19.1 Å². The number of aliphatic carboxylic acids is 2. The summed E-state index contributed by atoms with van der Waals surface area (Å²) in [5.41, 5.74) is 13.0. The van der Waals surface area contributed by atoms with Gasteiger partial charge in [0, 0.05) is 24.4 Å². The normalized spacial score (nSPS) is 20.8. The van der Waals surface area contributed by atoms with Gasteiger partial charge in [-0.25, -0.2) is 19.1 Å². The van der Waals surface area contributed by atoms with Crippen LogP contribution in [0.1, 0.15) is 18.7 Å². The van der Waals surface area contributed by atoms with Crippen LogP contribution in [0.5, 0.6) is 0 Å². The maximum Gasteiger partial charge on any atom is 0.352 e. The molecule has 0 radical (unpaired) electrons. The van der Waals surface area contributed by atoms with Crippen molar-refractivity contribution < 1.29 is 38.8 Å². The average Bonchev–Trinajstić information content (AvgIpc) is 3.48. The van der Waals surface area contributed by atoms with Gasteiger partial charge in [-0.15, -0.1) is 11.8 Å². The van der Waals surface area contributed by atoms with Crippen LogP contribution in [0.25, 0.3) is 11.2 Å². The Labute approximate surface area is 266 Å². The van der Waals surface area contributed by atoms with Gasteiger partial charge in [0.05, 0.1) is 12.2 Å². The number of nitrogens with two attached hydrogens (primary N) is 2. The molecule has 6 heterocycles. The Bertz CT molecular complexity index is 1820. The summed E-state index contributed by atoms with van der Waals surface area (Å²) in [6.45, 7) is 2.86. The highest BCUT2D eigenvalue weighted by molar-refractivity contribution is 8.00. The lowest BCUT2D eigenvalue weighted by molar-refractivity contribution is -0.664. The third-order valence-electron chi connectivity index (χ3n) is 7.46. The van der Waals surface area contributed by atoms with E-state index in [-0.39, 0.29) is 39.2 Å². The van der Waals surface area contributed by atoms with Crippen LogP contribution in [0.2, 0.25) is 4.34 Å². The Morgan fingerprint density at radius 2 is 2.07 bits per heavy atom. The second kappa shape index (κ2) is 11.8. The summed E-state index contributed by atoms with van der Waals surface area (Å²) in [4.78, 5) is 65.0. The van der Waals surface area contributed by atoms with Gasteiger partial charge in [0.25, 0.3) is 11.8 Å². The fourth-order valence-corrected chi connectivity index (χ4v) is 7.41. The highest BCUT2D eigenvalue weighted by Crippen LogP contribution is 2.40. The quantitative estimate of drug-likeness (QED) is 0.0679. The van der Waals surface area contributed by atoms with E-state index in [1.54, 1.807) is 10.8 Å². The topological polar surface area (TPSA) is 244 Å². The first-order valence-electron chi connectivity index (χ1n) is 13.4. The minimum Gasteiger partial charge on any atom is -0.478 e. The first kappa shape index (κ1) is 30.6. The number of aromatic nitrogens is 4.